The first kappa shape index (κ1) is 18.3. The van der Waals surface area contributed by atoms with E-state index in [2.05, 4.69) is 10.6 Å². The van der Waals surface area contributed by atoms with Crippen LogP contribution in [0.4, 0.5) is 5.69 Å². The number of aryl methyl sites for hydroxylation is 1. The van der Waals surface area contributed by atoms with Gasteiger partial charge in [0.1, 0.15) is 11.5 Å². The second-order valence-corrected chi connectivity index (χ2v) is 5.55. The number of ether oxygens (including phenoxy) is 2. The number of carbonyl (C=O) groups excluding carboxylic acids is 2. The summed E-state index contributed by atoms with van der Waals surface area (Å²) in [6.07, 6.45) is -0.654. The lowest BCUT2D eigenvalue weighted by Gasteiger charge is -2.15. The van der Waals surface area contributed by atoms with E-state index in [4.69, 9.17) is 9.47 Å². The fourth-order valence-electron chi connectivity index (χ4n) is 2.00. The predicted octanol–water partition coefficient (Wildman–Crippen LogP) is 2.53. The molecule has 0 aliphatic rings. The van der Waals surface area contributed by atoms with Gasteiger partial charge in [-0.25, -0.2) is 0 Å². The first-order valence-electron chi connectivity index (χ1n) is 7.95. The highest BCUT2D eigenvalue weighted by atomic mass is 16.5. The normalized spacial score (nSPS) is 11.3. The first-order chi connectivity index (χ1) is 12.0. The summed E-state index contributed by atoms with van der Waals surface area (Å²) in [5.41, 5.74) is 1.69. The fraction of sp³-hybridized carbons (Fsp3) is 0.263. The summed E-state index contributed by atoms with van der Waals surface area (Å²) in [6.45, 7) is 3.58. The highest BCUT2D eigenvalue weighted by Gasteiger charge is 2.15. The second kappa shape index (κ2) is 8.73. The monoisotopic (exact) mass is 342 g/mol. The van der Waals surface area contributed by atoms with E-state index in [9.17, 15) is 9.59 Å². The van der Waals surface area contributed by atoms with Crippen molar-refractivity contribution in [2.45, 2.75) is 20.0 Å². The smallest absolute Gasteiger partial charge is 0.265 e. The number of anilines is 1. The summed E-state index contributed by atoms with van der Waals surface area (Å²) in [5, 5.41) is 5.24. The second-order valence-electron chi connectivity index (χ2n) is 5.55. The van der Waals surface area contributed by atoms with Crippen molar-refractivity contribution in [3.8, 4) is 11.5 Å². The molecule has 2 rings (SSSR count). The van der Waals surface area contributed by atoms with Gasteiger partial charge in [-0.2, -0.15) is 0 Å². The average molecular weight is 342 g/mol. The van der Waals surface area contributed by atoms with Gasteiger partial charge in [-0.15, -0.1) is 0 Å². The molecule has 0 heterocycles. The molecule has 25 heavy (non-hydrogen) atoms. The van der Waals surface area contributed by atoms with E-state index >= 15 is 0 Å². The largest absolute Gasteiger partial charge is 0.484 e. The Morgan fingerprint density at radius 1 is 1.08 bits per heavy atom. The number of likely N-dealkylation sites (N-methyl/N-ethyl adjacent to an activating group) is 1. The van der Waals surface area contributed by atoms with E-state index in [1.54, 1.807) is 31.2 Å². The molecule has 0 aliphatic carbocycles. The molecule has 0 radical (unpaired) electrons. The van der Waals surface area contributed by atoms with Crippen molar-refractivity contribution in [1.29, 1.82) is 0 Å². The molecule has 132 valence electrons. The summed E-state index contributed by atoms with van der Waals surface area (Å²) >= 11 is 0. The van der Waals surface area contributed by atoms with Gasteiger partial charge in [-0.3, -0.25) is 9.59 Å². The van der Waals surface area contributed by atoms with Crippen LogP contribution in [-0.4, -0.2) is 31.6 Å². The molecule has 6 heteroatoms. The molecule has 0 spiro atoms. The topological polar surface area (TPSA) is 76.7 Å². The molecular formula is C19H22N2O4. The Balaban J connectivity index is 1.92. The number of hydrogen-bond acceptors (Lipinski definition) is 4. The molecule has 1 atom stereocenters. The van der Waals surface area contributed by atoms with Gasteiger partial charge in [-0.1, -0.05) is 23.8 Å². The van der Waals surface area contributed by atoms with Crippen LogP contribution < -0.4 is 20.1 Å². The lowest BCUT2D eigenvalue weighted by molar-refractivity contribution is -0.123. The summed E-state index contributed by atoms with van der Waals surface area (Å²) in [7, 11) is 1.54. The Morgan fingerprint density at radius 3 is 2.48 bits per heavy atom. The molecule has 1 unspecified atom stereocenters. The number of amides is 2. The lowest BCUT2D eigenvalue weighted by atomic mass is 10.2. The Labute approximate surface area is 147 Å². The standard InChI is InChI=1S/C19H22N2O4/c1-13-7-9-16(10-8-13)25-14(2)19(23)21-15-5-4-6-17(11-15)24-12-18(22)20-3/h4-11,14H,12H2,1-3H3,(H,20,22)(H,21,23). The third-order valence-corrected chi connectivity index (χ3v) is 3.45. The van der Waals surface area contributed by atoms with Gasteiger partial charge in [0.15, 0.2) is 12.7 Å². The molecule has 0 fully saturated rings. The molecule has 0 aromatic heterocycles. The Morgan fingerprint density at radius 2 is 1.80 bits per heavy atom. The van der Waals surface area contributed by atoms with Gasteiger partial charge < -0.3 is 20.1 Å². The van der Waals surface area contributed by atoms with Gasteiger partial charge in [0.2, 0.25) is 0 Å². The van der Waals surface area contributed by atoms with Crippen LogP contribution in [0.25, 0.3) is 0 Å². The number of rotatable bonds is 7. The maximum absolute atomic E-state index is 12.3. The third kappa shape index (κ3) is 5.84. The number of hydrogen-bond donors (Lipinski definition) is 2. The van der Waals surface area contributed by atoms with Crippen molar-refractivity contribution in [2.75, 3.05) is 19.0 Å². The van der Waals surface area contributed by atoms with Gasteiger partial charge in [0.25, 0.3) is 11.8 Å². The quantitative estimate of drug-likeness (QED) is 0.811. The van der Waals surface area contributed by atoms with E-state index in [0.717, 1.165) is 5.56 Å². The van der Waals surface area contributed by atoms with Crippen molar-refractivity contribution in [3.63, 3.8) is 0 Å². The molecule has 2 aromatic carbocycles. The van der Waals surface area contributed by atoms with Gasteiger partial charge >= 0.3 is 0 Å². The van der Waals surface area contributed by atoms with Crippen molar-refractivity contribution < 1.29 is 19.1 Å². The third-order valence-electron chi connectivity index (χ3n) is 3.45. The van der Waals surface area contributed by atoms with E-state index in [1.165, 1.54) is 7.05 Å². The van der Waals surface area contributed by atoms with E-state index < -0.39 is 6.10 Å². The van der Waals surface area contributed by atoms with Crippen LogP contribution in [0, 0.1) is 6.92 Å². The Hall–Kier alpha value is -3.02. The maximum Gasteiger partial charge on any atom is 0.265 e. The minimum atomic E-state index is -0.654. The van der Waals surface area contributed by atoms with E-state index in [-0.39, 0.29) is 18.4 Å². The average Bonchev–Trinajstić information content (AvgIpc) is 2.61. The Kier molecular flexibility index (Phi) is 6.39. The number of carbonyl (C=O) groups is 2. The van der Waals surface area contributed by atoms with Crippen molar-refractivity contribution >= 4 is 17.5 Å². The summed E-state index contributed by atoms with van der Waals surface area (Å²) in [5.74, 6) is 0.628. The zero-order valence-electron chi connectivity index (χ0n) is 14.5. The highest BCUT2D eigenvalue weighted by molar-refractivity contribution is 5.94. The molecule has 2 N–H and O–H groups in total. The van der Waals surface area contributed by atoms with Crippen LogP contribution >= 0.6 is 0 Å². The number of benzene rings is 2. The first-order valence-corrected chi connectivity index (χ1v) is 7.95. The predicted molar refractivity (Wildman–Crippen MR) is 95.9 cm³/mol. The van der Waals surface area contributed by atoms with Crippen LogP contribution in [0.15, 0.2) is 48.5 Å². The number of nitrogens with one attached hydrogen (secondary N) is 2. The zero-order valence-corrected chi connectivity index (χ0v) is 14.5. The van der Waals surface area contributed by atoms with Crippen LogP contribution in [0.5, 0.6) is 11.5 Å². The lowest BCUT2D eigenvalue weighted by Crippen LogP contribution is -2.30. The molecule has 0 aliphatic heterocycles. The molecule has 0 saturated carbocycles. The molecular weight excluding hydrogens is 320 g/mol. The van der Waals surface area contributed by atoms with Crippen molar-refractivity contribution in [1.82, 2.24) is 5.32 Å². The van der Waals surface area contributed by atoms with Crippen molar-refractivity contribution in [3.05, 3.63) is 54.1 Å². The van der Waals surface area contributed by atoms with E-state index in [0.29, 0.717) is 17.2 Å². The van der Waals surface area contributed by atoms with Crippen molar-refractivity contribution in [2.24, 2.45) is 0 Å². The van der Waals surface area contributed by atoms with Gasteiger partial charge in [0, 0.05) is 18.8 Å². The molecule has 2 amide bonds. The molecule has 2 aromatic rings. The maximum atomic E-state index is 12.3. The minimum absolute atomic E-state index is 0.0825. The Bertz CT molecular complexity index is 728. The van der Waals surface area contributed by atoms with Crippen LogP contribution in [0.3, 0.4) is 0 Å². The summed E-state index contributed by atoms with van der Waals surface area (Å²) in [6, 6.07) is 14.3. The molecule has 0 saturated heterocycles. The highest BCUT2D eigenvalue weighted by Crippen LogP contribution is 2.18. The molecule has 6 nitrogen and oxygen atoms in total. The van der Waals surface area contributed by atoms with E-state index in [1.807, 2.05) is 31.2 Å². The summed E-state index contributed by atoms with van der Waals surface area (Å²) < 4.78 is 11.0. The van der Waals surface area contributed by atoms with Gasteiger partial charge in [0.05, 0.1) is 0 Å². The van der Waals surface area contributed by atoms with Crippen LogP contribution in [0.2, 0.25) is 0 Å². The minimum Gasteiger partial charge on any atom is -0.484 e. The van der Waals surface area contributed by atoms with Crippen LogP contribution in [0.1, 0.15) is 12.5 Å². The zero-order chi connectivity index (χ0) is 18.2. The SMILES string of the molecule is CNC(=O)COc1cccc(NC(=O)C(C)Oc2ccc(C)cc2)c1. The van der Waals surface area contributed by atoms with Gasteiger partial charge in [-0.05, 0) is 38.1 Å². The fourth-order valence-corrected chi connectivity index (χ4v) is 2.00. The molecule has 0 bridgehead atoms. The van der Waals surface area contributed by atoms with Crippen LogP contribution in [-0.2, 0) is 9.59 Å². The summed E-state index contributed by atoms with van der Waals surface area (Å²) in [4.78, 5) is 23.5.